The first kappa shape index (κ1) is 25.7. The fourth-order valence-corrected chi connectivity index (χ4v) is 7.12. The Labute approximate surface area is 215 Å². The van der Waals surface area contributed by atoms with Crippen molar-refractivity contribution in [3.8, 4) is 0 Å². The van der Waals surface area contributed by atoms with E-state index in [2.05, 4.69) is 9.97 Å². The molecule has 1 aliphatic carbocycles. The van der Waals surface area contributed by atoms with Gasteiger partial charge in [0.25, 0.3) is 0 Å². The number of carboxylic acid groups (broad SMARTS) is 1. The van der Waals surface area contributed by atoms with Crippen molar-refractivity contribution >= 4 is 26.9 Å². The number of aliphatic carboxylic acids is 1. The average Bonchev–Trinajstić information content (AvgIpc) is 2.89. The van der Waals surface area contributed by atoms with Gasteiger partial charge < -0.3 is 15.6 Å². The number of piperidine rings is 1. The van der Waals surface area contributed by atoms with Crippen LogP contribution in [0.5, 0.6) is 0 Å². The van der Waals surface area contributed by atoms with Crippen LogP contribution in [0.3, 0.4) is 0 Å². The lowest BCUT2D eigenvalue weighted by atomic mass is 9.83. The Morgan fingerprint density at radius 2 is 1.89 bits per heavy atom. The predicted molar refractivity (Wildman–Crippen MR) is 137 cm³/mol. The molecule has 11 heteroatoms. The van der Waals surface area contributed by atoms with Gasteiger partial charge in [0.1, 0.15) is 17.5 Å². The third kappa shape index (κ3) is 5.08. The number of hydrogen-bond acceptors (Lipinski definition) is 8. The molecule has 10 nitrogen and oxygen atoms in total. The van der Waals surface area contributed by atoms with E-state index < -0.39 is 27.3 Å². The van der Waals surface area contributed by atoms with Crippen molar-refractivity contribution in [1.82, 2.24) is 19.3 Å². The van der Waals surface area contributed by atoms with Crippen LogP contribution >= 0.6 is 0 Å². The summed E-state index contributed by atoms with van der Waals surface area (Å²) in [6.45, 7) is 2.57. The molecule has 2 aliphatic heterocycles. The van der Waals surface area contributed by atoms with Crippen molar-refractivity contribution in [3.05, 3.63) is 65.4 Å². The maximum atomic E-state index is 13.2. The number of para-hydroxylation sites is 1. The molecule has 1 aromatic carbocycles. The minimum absolute atomic E-state index is 0.000871. The minimum atomic E-state index is -3.88. The summed E-state index contributed by atoms with van der Waals surface area (Å²) in [6, 6.07) is 9.69. The second-order valence-electron chi connectivity index (χ2n) is 9.90. The molecule has 1 saturated heterocycles. The molecule has 196 valence electrons. The molecule has 2 unspecified atom stereocenters. The normalized spacial score (nSPS) is 19.9. The number of sulfonamides is 1. The van der Waals surface area contributed by atoms with E-state index in [-0.39, 0.29) is 31.7 Å². The summed E-state index contributed by atoms with van der Waals surface area (Å²) < 4.78 is 34.1. The van der Waals surface area contributed by atoms with Gasteiger partial charge in [0.15, 0.2) is 0 Å². The number of pyridine rings is 1. The van der Waals surface area contributed by atoms with Crippen LogP contribution in [0.4, 0.5) is 0 Å². The highest BCUT2D eigenvalue weighted by atomic mass is 32.2. The van der Waals surface area contributed by atoms with Crippen LogP contribution in [0.15, 0.2) is 42.7 Å². The number of carbonyl (C=O) groups is 1. The van der Waals surface area contributed by atoms with E-state index in [9.17, 15) is 18.3 Å². The summed E-state index contributed by atoms with van der Waals surface area (Å²) in [5.41, 5.74) is 8.45. The fraction of sp³-hybridized carbons (Fsp3) is 0.462. The number of carboxylic acids is 1. The van der Waals surface area contributed by atoms with E-state index in [0.717, 1.165) is 27.7 Å². The number of hydrogen-bond donors (Lipinski definition) is 2. The highest BCUT2D eigenvalue weighted by molar-refractivity contribution is 7.89. The Morgan fingerprint density at radius 1 is 1.19 bits per heavy atom. The smallest absolute Gasteiger partial charge is 0.324 e. The highest BCUT2D eigenvalue weighted by Gasteiger charge is 2.42. The van der Waals surface area contributed by atoms with Crippen LogP contribution in [0, 0.1) is 6.92 Å². The molecule has 2 aromatic heterocycles. The Morgan fingerprint density at radius 3 is 2.59 bits per heavy atom. The Kier molecular flexibility index (Phi) is 6.97. The lowest BCUT2D eigenvalue weighted by Crippen LogP contribution is -2.56. The molecule has 0 radical (unpaired) electrons. The van der Waals surface area contributed by atoms with Gasteiger partial charge in [0.05, 0.1) is 23.1 Å². The minimum Gasteiger partial charge on any atom is -0.480 e. The van der Waals surface area contributed by atoms with Gasteiger partial charge in [0, 0.05) is 42.9 Å². The highest BCUT2D eigenvalue weighted by Crippen LogP contribution is 2.45. The van der Waals surface area contributed by atoms with Crippen molar-refractivity contribution in [1.29, 1.82) is 0 Å². The molecule has 3 aromatic rings. The van der Waals surface area contributed by atoms with Gasteiger partial charge >= 0.3 is 5.97 Å². The van der Waals surface area contributed by atoms with Gasteiger partial charge in [-0.2, -0.15) is 0 Å². The third-order valence-electron chi connectivity index (χ3n) is 7.37. The van der Waals surface area contributed by atoms with Crippen LogP contribution < -0.4 is 5.73 Å². The topological polar surface area (TPSA) is 149 Å². The molecule has 3 N–H and O–H groups in total. The van der Waals surface area contributed by atoms with Gasteiger partial charge in [-0.1, -0.05) is 18.2 Å². The van der Waals surface area contributed by atoms with Crippen molar-refractivity contribution in [3.63, 3.8) is 0 Å². The first-order valence-electron chi connectivity index (χ1n) is 12.5. The van der Waals surface area contributed by atoms with Crippen molar-refractivity contribution in [2.24, 2.45) is 5.73 Å². The number of benzene rings is 1. The Balaban J connectivity index is 1.17. The van der Waals surface area contributed by atoms with Gasteiger partial charge in [-0.15, -0.1) is 0 Å². The molecule has 1 fully saturated rings. The largest absolute Gasteiger partial charge is 0.480 e. The molecule has 4 heterocycles. The molecular formula is C26H31N5O5S. The summed E-state index contributed by atoms with van der Waals surface area (Å²) in [6.07, 6.45) is 4.75. The van der Waals surface area contributed by atoms with Crippen LogP contribution in [0.25, 0.3) is 10.9 Å². The van der Waals surface area contributed by atoms with Gasteiger partial charge in [0.2, 0.25) is 10.0 Å². The molecule has 6 rings (SSSR count). The number of nitrogens with zero attached hydrogens (tertiary/aromatic N) is 4. The first-order chi connectivity index (χ1) is 17.7. The first-order valence-corrected chi connectivity index (χ1v) is 14.1. The quantitative estimate of drug-likeness (QED) is 0.407. The molecule has 2 atom stereocenters. The SMILES string of the molecule is CC1=C2c3ccccc3N=C1C2OC1CCN(S(=O)(=O)CC(N)(CCCc2ncccn2)C(=O)O)CC1. The molecule has 37 heavy (non-hydrogen) atoms. The predicted octanol–water partition coefficient (Wildman–Crippen LogP) is 2.35. The standard InChI is InChI=1S/C26H31N5O5S/c1-17-22-19-6-2-3-7-20(19)30-23(17)24(22)36-18-9-14-31(15-10-18)37(34,35)16-26(27,25(32)33)11-4-8-21-28-12-5-13-29-21/h2-3,5-7,12-13,18,24H,4,8-11,14-16,27H2,1H3,(H,32,33). The lowest BCUT2D eigenvalue weighted by Gasteiger charge is -2.38. The van der Waals surface area contributed by atoms with Crippen LogP contribution in [0.2, 0.25) is 0 Å². The van der Waals surface area contributed by atoms with E-state index >= 15 is 0 Å². The molecule has 0 spiro atoms. The molecule has 0 saturated carbocycles. The Bertz CT molecular complexity index is 1410. The van der Waals surface area contributed by atoms with Crippen molar-refractivity contribution in [2.45, 2.75) is 56.8 Å². The zero-order chi connectivity index (χ0) is 26.2. The summed E-state index contributed by atoms with van der Waals surface area (Å²) in [4.78, 5) is 24.9. The fourth-order valence-electron chi connectivity index (χ4n) is 5.25. The second-order valence-corrected chi connectivity index (χ2v) is 11.9. The number of rotatable bonds is 10. The molecule has 3 aliphatic rings. The average molecular weight is 526 g/mol. The number of ether oxygens (including phenoxy) is 1. The zero-order valence-corrected chi connectivity index (χ0v) is 21.5. The van der Waals surface area contributed by atoms with E-state index in [1.165, 1.54) is 4.31 Å². The maximum Gasteiger partial charge on any atom is 0.324 e. The van der Waals surface area contributed by atoms with Gasteiger partial charge in [-0.3, -0.25) is 4.79 Å². The second kappa shape index (κ2) is 10.1. The van der Waals surface area contributed by atoms with E-state index in [0.29, 0.717) is 31.5 Å². The van der Waals surface area contributed by atoms with Crippen molar-refractivity contribution < 1.29 is 23.1 Å². The summed E-state index contributed by atoms with van der Waals surface area (Å²) >= 11 is 0. The van der Waals surface area contributed by atoms with E-state index in [1.54, 1.807) is 18.5 Å². The summed E-state index contributed by atoms with van der Waals surface area (Å²) in [5.74, 6) is -1.42. The maximum absolute atomic E-state index is 13.2. The number of aromatic nitrogens is 3. The molecule has 0 amide bonds. The number of nitrogens with two attached hydrogens (primary N) is 1. The van der Waals surface area contributed by atoms with E-state index in [1.807, 2.05) is 31.2 Å². The van der Waals surface area contributed by atoms with Gasteiger partial charge in [-0.05, 0) is 50.3 Å². The number of aryl methyl sites for hydroxylation is 2. The van der Waals surface area contributed by atoms with Crippen LogP contribution in [0.1, 0.15) is 54.4 Å². The summed E-state index contributed by atoms with van der Waals surface area (Å²) in [5, 5.41) is 10.9. The van der Waals surface area contributed by atoms with E-state index in [4.69, 9.17) is 15.5 Å². The van der Waals surface area contributed by atoms with Gasteiger partial charge in [-0.25, -0.2) is 27.7 Å². The molecular weight excluding hydrogens is 494 g/mol. The van der Waals surface area contributed by atoms with Crippen LogP contribution in [-0.4, -0.2) is 69.2 Å². The monoisotopic (exact) mass is 525 g/mol. The lowest BCUT2D eigenvalue weighted by molar-refractivity contribution is -0.142. The Hall–Kier alpha value is -2.99. The third-order valence-corrected chi connectivity index (χ3v) is 9.40. The van der Waals surface area contributed by atoms with Crippen LogP contribution in [-0.2, 0) is 26.0 Å². The van der Waals surface area contributed by atoms with Crippen molar-refractivity contribution in [2.75, 3.05) is 18.8 Å². The molecule has 2 bridgehead atoms. The summed E-state index contributed by atoms with van der Waals surface area (Å²) in [7, 11) is -3.88. The zero-order valence-electron chi connectivity index (χ0n) is 20.7.